The van der Waals surface area contributed by atoms with Crippen molar-refractivity contribution in [3.63, 3.8) is 0 Å². The van der Waals surface area contributed by atoms with Gasteiger partial charge in [0, 0.05) is 12.4 Å². The molecule has 0 saturated carbocycles. The Hall–Kier alpha value is -3.57. The highest BCUT2D eigenvalue weighted by atomic mass is 28.4. The highest BCUT2D eigenvalue weighted by molar-refractivity contribution is 6.74. The van der Waals surface area contributed by atoms with Gasteiger partial charge in [0.15, 0.2) is 14.0 Å². The minimum Gasteiger partial charge on any atom is -0.406 e. The minimum atomic E-state index is -5.02. The summed E-state index contributed by atoms with van der Waals surface area (Å²) in [4.78, 5) is 20.9. The predicted octanol–water partition coefficient (Wildman–Crippen LogP) is 6.03. The van der Waals surface area contributed by atoms with Crippen LogP contribution in [0.15, 0.2) is 36.8 Å². The van der Waals surface area contributed by atoms with Crippen LogP contribution in [0.4, 0.5) is 26.3 Å². The maximum absolute atomic E-state index is 13.3. The van der Waals surface area contributed by atoms with Crippen LogP contribution in [-0.4, -0.2) is 45.7 Å². The van der Waals surface area contributed by atoms with Crippen LogP contribution in [0, 0.1) is 11.8 Å². The van der Waals surface area contributed by atoms with E-state index in [9.17, 15) is 31.1 Å². The number of carbonyl (C=O) groups excluding carboxylic acids is 1. The van der Waals surface area contributed by atoms with Gasteiger partial charge in [0.05, 0.1) is 30.5 Å². The Kier molecular flexibility index (Phi) is 8.37. The van der Waals surface area contributed by atoms with Gasteiger partial charge in [0.1, 0.15) is 11.4 Å². The van der Waals surface area contributed by atoms with Crippen molar-refractivity contribution in [1.29, 1.82) is 0 Å². The summed E-state index contributed by atoms with van der Waals surface area (Å²) < 4.78 is 86.9. The molecule has 0 fully saturated rings. The lowest BCUT2D eigenvalue weighted by atomic mass is 10.0. The fourth-order valence-electron chi connectivity index (χ4n) is 3.14. The summed E-state index contributed by atoms with van der Waals surface area (Å²) >= 11 is 0. The average Bonchev–Trinajstić information content (AvgIpc) is 3.23. The smallest absolute Gasteiger partial charge is 0.406 e. The van der Waals surface area contributed by atoms with E-state index in [1.54, 1.807) is 0 Å². The molecule has 0 spiro atoms. The molecular formula is C25H25F6N5O2Si. The molecule has 0 amide bonds. The monoisotopic (exact) mass is 569 g/mol. The predicted molar refractivity (Wildman–Crippen MR) is 132 cm³/mol. The molecule has 0 aliphatic heterocycles. The zero-order chi connectivity index (χ0) is 29.2. The van der Waals surface area contributed by atoms with Crippen LogP contribution in [0.1, 0.15) is 48.0 Å². The fourth-order valence-corrected chi connectivity index (χ4v) is 4.01. The minimum absolute atomic E-state index is 0.0126. The van der Waals surface area contributed by atoms with Crippen molar-refractivity contribution in [3.8, 4) is 23.2 Å². The van der Waals surface area contributed by atoms with Crippen LogP contribution < -0.4 is 0 Å². The van der Waals surface area contributed by atoms with Crippen LogP contribution in [0.3, 0.4) is 0 Å². The summed E-state index contributed by atoms with van der Waals surface area (Å²) in [6.07, 6.45) is -6.14. The maximum Gasteiger partial charge on any atom is 0.416 e. The lowest BCUT2D eigenvalue weighted by Gasteiger charge is -2.35. The van der Waals surface area contributed by atoms with Gasteiger partial charge in [-0.1, -0.05) is 31.9 Å². The molecule has 0 aliphatic rings. The van der Waals surface area contributed by atoms with Crippen molar-refractivity contribution < 1.29 is 35.6 Å². The third kappa shape index (κ3) is 7.30. The number of Topliss-reactive ketones (excluding diaryl/α,β-unsaturated/α-hetero) is 1. The van der Waals surface area contributed by atoms with E-state index in [0.29, 0.717) is 12.1 Å². The van der Waals surface area contributed by atoms with Gasteiger partial charge >= 0.3 is 12.4 Å². The van der Waals surface area contributed by atoms with Crippen LogP contribution >= 0.6 is 0 Å². The molecule has 0 unspecified atom stereocenters. The number of aromatic nitrogens is 5. The summed E-state index contributed by atoms with van der Waals surface area (Å²) in [6.45, 7) is 9.60. The Morgan fingerprint density at radius 1 is 1.00 bits per heavy atom. The molecule has 0 radical (unpaired) electrons. The van der Waals surface area contributed by atoms with Crippen LogP contribution in [0.5, 0.6) is 0 Å². The summed E-state index contributed by atoms with van der Waals surface area (Å²) in [5.41, 5.74) is -3.57. The first-order valence-corrected chi connectivity index (χ1v) is 14.5. The van der Waals surface area contributed by atoms with Crippen molar-refractivity contribution in [2.75, 3.05) is 6.61 Å². The molecule has 0 N–H and O–H groups in total. The Labute approximate surface area is 221 Å². The van der Waals surface area contributed by atoms with E-state index < -0.39 is 44.1 Å². The van der Waals surface area contributed by atoms with Gasteiger partial charge in [-0.3, -0.25) is 14.8 Å². The van der Waals surface area contributed by atoms with Crippen LogP contribution in [0.2, 0.25) is 18.1 Å². The number of carbonyl (C=O) groups is 1. The molecule has 14 heteroatoms. The lowest BCUT2D eigenvalue weighted by molar-refractivity contribution is -0.143. The molecule has 2 heterocycles. The molecule has 0 bridgehead atoms. The van der Waals surface area contributed by atoms with E-state index in [4.69, 9.17) is 4.43 Å². The lowest BCUT2D eigenvalue weighted by Crippen LogP contribution is -2.40. The number of ketones is 1. The standard InChI is InChI=1S/C25H25F6N5O2Si/c1-23(2,3)39(4,5)38-10-6-7-20(37)21-22(19-14-32-8-9-33-19)36(35-34-21)15-16-11-17(24(26,27)28)13-18(12-16)25(29,30)31/h8-9,11-14H,10,15H2,1-5H3. The van der Waals surface area contributed by atoms with Crippen molar-refractivity contribution in [3.05, 3.63) is 59.2 Å². The van der Waals surface area contributed by atoms with E-state index in [-0.39, 0.29) is 40.4 Å². The number of benzene rings is 1. The molecule has 2 aromatic heterocycles. The van der Waals surface area contributed by atoms with E-state index in [2.05, 4.69) is 32.1 Å². The molecule has 208 valence electrons. The number of rotatable bonds is 6. The van der Waals surface area contributed by atoms with Crippen molar-refractivity contribution in [1.82, 2.24) is 25.0 Å². The number of hydrogen-bond donors (Lipinski definition) is 0. The fraction of sp³-hybridized carbons (Fsp3) is 0.400. The highest BCUT2D eigenvalue weighted by Crippen LogP contribution is 2.37. The number of halogens is 6. The Morgan fingerprint density at radius 3 is 2.13 bits per heavy atom. The maximum atomic E-state index is 13.3. The second-order valence-corrected chi connectivity index (χ2v) is 14.9. The quantitative estimate of drug-likeness (QED) is 0.119. The summed E-state index contributed by atoms with van der Waals surface area (Å²) in [5.74, 6) is 4.29. The Morgan fingerprint density at radius 2 is 1.62 bits per heavy atom. The van der Waals surface area contributed by atoms with Crippen molar-refractivity contribution in [2.24, 2.45) is 0 Å². The third-order valence-electron chi connectivity index (χ3n) is 6.25. The van der Waals surface area contributed by atoms with Crippen molar-refractivity contribution >= 4 is 14.1 Å². The van der Waals surface area contributed by atoms with E-state index in [0.717, 1.165) is 4.68 Å². The summed E-state index contributed by atoms with van der Waals surface area (Å²) in [6, 6.07) is 1.19. The second kappa shape index (κ2) is 10.9. The number of hydrogen-bond acceptors (Lipinski definition) is 6. The molecule has 3 aromatic rings. The van der Waals surface area contributed by atoms with Gasteiger partial charge in [-0.25, -0.2) is 4.68 Å². The largest absolute Gasteiger partial charge is 0.416 e. The Balaban J connectivity index is 2.00. The first kappa shape index (κ1) is 30.0. The summed E-state index contributed by atoms with van der Waals surface area (Å²) in [5, 5.41) is 7.56. The molecule has 0 atom stereocenters. The molecule has 0 saturated heterocycles. The molecule has 1 aromatic carbocycles. The van der Waals surface area contributed by atoms with Gasteiger partial charge in [-0.2, -0.15) is 26.3 Å². The van der Waals surface area contributed by atoms with Crippen molar-refractivity contribution in [2.45, 2.75) is 57.8 Å². The first-order valence-electron chi connectivity index (χ1n) is 11.6. The first-order chi connectivity index (χ1) is 17.9. The van der Waals surface area contributed by atoms with Gasteiger partial charge in [-0.05, 0) is 47.8 Å². The second-order valence-electron chi connectivity index (χ2n) is 10.1. The molecular weight excluding hydrogens is 544 g/mol. The normalized spacial score (nSPS) is 12.7. The van der Waals surface area contributed by atoms with E-state index >= 15 is 0 Å². The molecule has 39 heavy (non-hydrogen) atoms. The topological polar surface area (TPSA) is 82.8 Å². The number of nitrogens with zero attached hydrogens (tertiary/aromatic N) is 5. The van der Waals surface area contributed by atoms with E-state index in [1.165, 1.54) is 18.6 Å². The van der Waals surface area contributed by atoms with Crippen LogP contribution in [0.25, 0.3) is 11.4 Å². The van der Waals surface area contributed by atoms with Crippen LogP contribution in [-0.2, 0) is 23.3 Å². The molecule has 7 nitrogen and oxygen atoms in total. The zero-order valence-electron chi connectivity index (χ0n) is 21.7. The highest BCUT2D eigenvalue weighted by Gasteiger charge is 2.38. The third-order valence-corrected chi connectivity index (χ3v) is 10.7. The van der Waals surface area contributed by atoms with Gasteiger partial charge in [-0.15, -0.1) is 5.10 Å². The van der Waals surface area contributed by atoms with Gasteiger partial charge in [0.25, 0.3) is 5.78 Å². The van der Waals surface area contributed by atoms with Gasteiger partial charge in [0.2, 0.25) is 0 Å². The average molecular weight is 570 g/mol. The summed E-state index contributed by atoms with van der Waals surface area (Å²) in [7, 11) is -2.12. The number of alkyl halides is 6. The zero-order valence-corrected chi connectivity index (χ0v) is 22.7. The molecule has 0 aliphatic carbocycles. The SMILES string of the molecule is CC(C)(C)[Si](C)(C)OCC#CC(=O)c1nnn(Cc2cc(C(F)(F)F)cc(C(F)(F)F)c2)c1-c1cnccn1. The van der Waals surface area contributed by atoms with Gasteiger partial charge < -0.3 is 4.43 Å². The van der Waals surface area contributed by atoms with E-state index in [1.807, 2.05) is 33.9 Å². The molecule has 3 rings (SSSR count). The Bertz CT molecular complexity index is 1370.